The first-order chi connectivity index (χ1) is 3.79. The first-order valence-corrected chi connectivity index (χ1v) is 2.65. The maximum absolute atomic E-state index is 5.18. The molecule has 0 bridgehead atoms. The largest absolute Gasteiger partial charge is 0.372 e. The Morgan fingerprint density at radius 2 is 2.38 bits per heavy atom. The van der Waals surface area contributed by atoms with E-state index in [4.69, 9.17) is 16.2 Å². The van der Waals surface area contributed by atoms with Crippen molar-refractivity contribution < 1.29 is 4.74 Å². The molecule has 0 aromatic heterocycles. The van der Waals surface area contributed by atoms with Crippen molar-refractivity contribution in [1.29, 1.82) is 0 Å². The summed E-state index contributed by atoms with van der Waals surface area (Å²) in [5.41, 5.74) is 10.4. The minimum absolute atomic E-state index is 0.365. The molecule has 0 radical (unpaired) electrons. The lowest BCUT2D eigenvalue weighted by Gasteiger charge is -2.03. The van der Waals surface area contributed by atoms with Crippen LogP contribution < -0.4 is 16.8 Å². The van der Waals surface area contributed by atoms with Gasteiger partial charge in [-0.1, -0.05) is 0 Å². The molecule has 1 saturated heterocycles. The Kier molecular flexibility index (Phi) is 1.80. The Labute approximate surface area is 48.2 Å². The lowest BCUT2D eigenvalue weighted by molar-refractivity contribution is 0.385. The van der Waals surface area contributed by atoms with Gasteiger partial charge in [0.2, 0.25) is 0 Å². The third-order valence-electron chi connectivity index (χ3n) is 0.984. The van der Waals surface area contributed by atoms with Crippen molar-refractivity contribution in [3.63, 3.8) is 0 Å². The second kappa shape index (κ2) is 2.41. The first-order valence-electron chi connectivity index (χ1n) is 2.65. The lowest BCUT2D eigenvalue weighted by Crippen LogP contribution is -2.46. The van der Waals surface area contributed by atoms with E-state index in [-0.39, 0.29) is 0 Å². The number of hydrogen-bond donors (Lipinski definition) is 3. The highest BCUT2D eigenvalue weighted by Crippen LogP contribution is 2.05. The molecule has 0 spiro atoms. The van der Waals surface area contributed by atoms with Crippen molar-refractivity contribution in [1.82, 2.24) is 5.32 Å². The predicted molar refractivity (Wildman–Crippen MR) is 29.9 cm³/mol. The molecule has 1 unspecified atom stereocenters. The number of nitrogens with two attached hydrogens (primary N) is 2. The van der Waals surface area contributed by atoms with Gasteiger partial charge in [-0.3, -0.25) is 5.32 Å². The van der Waals surface area contributed by atoms with E-state index in [1.165, 1.54) is 0 Å². The van der Waals surface area contributed by atoms with Crippen molar-refractivity contribution in [3.05, 3.63) is 0 Å². The molecule has 0 aromatic carbocycles. The van der Waals surface area contributed by atoms with E-state index in [2.05, 4.69) is 5.32 Å². The minimum atomic E-state index is -0.404. The smallest absolute Gasteiger partial charge is 0.106 e. The van der Waals surface area contributed by atoms with Crippen LogP contribution in [-0.2, 0) is 4.74 Å². The SMILES string of the molecule is NC(N)NCC1CO1. The van der Waals surface area contributed by atoms with Gasteiger partial charge in [-0.2, -0.15) is 0 Å². The summed E-state index contributed by atoms with van der Waals surface area (Å²) in [4.78, 5) is 0. The summed E-state index contributed by atoms with van der Waals surface area (Å²) in [6.45, 7) is 1.62. The van der Waals surface area contributed by atoms with Crippen LogP contribution in [0.15, 0.2) is 0 Å². The molecule has 1 heterocycles. The maximum atomic E-state index is 5.18. The van der Waals surface area contributed by atoms with E-state index in [1.807, 2.05) is 0 Å². The van der Waals surface area contributed by atoms with Crippen molar-refractivity contribution in [3.8, 4) is 0 Å². The van der Waals surface area contributed by atoms with Crippen LogP contribution in [0.5, 0.6) is 0 Å². The number of ether oxygens (including phenoxy) is 1. The first kappa shape index (κ1) is 5.97. The number of hydrogen-bond acceptors (Lipinski definition) is 4. The van der Waals surface area contributed by atoms with Gasteiger partial charge in [0, 0.05) is 6.54 Å². The fourth-order valence-electron chi connectivity index (χ4n) is 0.453. The lowest BCUT2D eigenvalue weighted by atomic mass is 10.5. The maximum Gasteiger partial charge on any atom is 0.106 e. The molecule has 1 fully saturated rings. The Hall–Kier alpha value is -0.160. The fraction of sp³-hybridized carbons (Fsp3) is 1.00. The van der Waals surface area contributed by atoms with Gasteiger partial charge < -0.3 is 16.2 Å². The molecule has 0 aromatic rings. The Bertz CT molecular complexity index is 69.7. The molecule has 48 valence electrons. The highest BCUT2D eigenvalue weighted by Gasteiger charge is 2.21. The van der Waals surface area contributed by atoms with Gasteiger partial charge in [0.25, 0.3) is 0 Å². The van der Waals surface area contributed by atoms with Gasteiger partial charge in [0.05, 0.1) is 12.7 Å². The van der Waals surface area contributed by atoms with Crippen molar-refractivity contribution in [2.75, 3.05) is 13.2 Å². The van der Waals surface area contributed by atoms with Gasteiger partial charge in [-0.25, -0.2) is 0 Å². The van der Waals surface area contributed by atoms with Gasteiger partial charge >= 0.3 is 0 Å². The van der Waals surface area contributed by atoms with Crippen LogP contribution in [0.3, 0.4) is 0 Å². The summed E-state index contributed by atoms with van der Waals surface area (Å²) in [5.74, 6) is 0. The molecule has 1 aliphatic rings. The zero-order valence-corrected chi connectivity index (χ0v) is 4.63. The van der Waals surface area contributed by atoms with Crippen LogP contribution in [0.4, 0.5) is 0 Å². The van der Waals surface area contributed by atoms with E-state index in [9.17, 15) is 0 Å². The number of rotatable bonds is 3. The molecular weight excluding hydrogens is 106 g/mol. The second-order valence-electron chi connectivity index (χ2n) is 1.89. The van der Waals surface area contributed by atoms with Crippen LogP contribution in [0.1, 0.15) is 0 Å². The zero-order chi connectivity index (χ0) is 5.98. The van der Waals surface area contributed by atoms with E-state index >= 15 is 0 Å². The van der Waals surface area contributed by atoms with Crippen LogP contribution in [-0.4, -0.2) is 25.5 Å². The Morgan fingerprint density at radius 3 is 2.75 bits per heavy atom. The quantitative estimate of drug-likeness (QED) is 0.300. The third kappa shape index (κ3) is 2.23. The highest BCUT2D eigenvalue weighted by atomic mass is 16.6. The third-order valence-corrected chi connectivity index (χ3v) is 0.984. The molecule has 8 heavy (non-hydrogen) atoms. The molecule has 0 saturated carbocycles. The summed E-state index contributed by atoms with van der Waals surface area (Å²) < 4.78 is 4.89. The molecule has 4 heteroatoms. The molecule has 5 N–H and O–H groups in total. The summed E-state index contributed by atoms with van der Waals surface area (Å²) >= 11 is 0. The van der Waals surface area contributed by atoms with Crippen LogP contribution in [0, 0.1) is 0 Å². The van der Waals surface area contributed by atoms with Gasteiger partial charge in [0.15, 0.2) is 0 Å². The van der Waals surface area contributed by atoms with Gasteiger partial charge in [0.1, 0.15) is 6.29 Å². The Balaban J connectivity index is 1.87. The van der Waals surface area contributed by atoms with Gasteiger partial charge in [-0.15, -0.1) is 0 Å². The molecule has 1 aliphatic heterocycles. The van der Waals surface area contributed by atoms with Crippen LogP contribution in [0.25, 0.3) is 0 Å². The summed E-state index contributed by atoms with van der Waals surface area (Å²) in [6, 6.07) is 0. The molecule has 0 amide bonds. The fourth-order valence-corrected chi connectivity index (χ4v) is 0.453. The standard InChI is InChI=1S/C4H11N3O/c5-4(6)7-1-3-2-8-3/h3-4,7H,1-2,5-6H2. The molecule has 1 atom stereocenters. The molecular formula is C4H11N3O. The zero-order valence-electron chi connectivity index (χ0n) is 4.63. The van der Waals surface area contributed by atoms with E-state index in [1.54, 1.807) is 0 Å². The van der Waals surface area contributed by atoms with E-state index < -0.39 is 6.29 Å². The molecule has 0 aliphatic carbocycles. The van der Waals surface area contributed by atoms with Crippen molar-refractivity contribution >= 4 is 0 Å². The monoisotopic (exact) mass is 117 g/mol. The highest BCUT2D eigenvalue weighted by molar-refractivity contribution is 4.71. The van der Waals surface area contributed by atoms with Gasteiger partial charge in [-0.05, 0) is 0 Å². The molecule has 1 rings (SSSR count). The normalized spacial score (nSPS) is 26.6. The number of epoxide rings is 1. The molecule has 4 nitrogen and oxygen atoms in total. The van der Waals surface area contributed by atoms with Crippen molar-refractivity contribution in [2.24, 2.45) is 11.5 Å². The van der Waals surface area contributed by atoms with Crippen LogP contribution >= 0.6 is 0 Å². The topological polar surface area (TPSA) is 76.6 Å². The average Bonchev–Trinajstić information content (AvgIpc) is 2.41. The second-order valence-corrected chi connectivity index (χ2v) is 1.89. The minimum Gasteiger partial charge on any atom is -0.372 e. The average molecular weight is 117 g/mol. The van der Waals surface area contributed by atoms with Crippen molar-refractivity contribution in [2.45, 2.75) is 12.4 Å². The van der Waals surface area contributed by atoms with E-state index in [0.717, 1.165) is 13.2 Å². The van der Waals surface area contributed by atoms with Crippen LogP contribution in [0.2, 0.25) is 0 Å². The summed E-state index contributed by atoms with van der Waals surface area (Å²) in [6.07, 6.45) is -0.0381. The summed E-state index contributed by atoms with van der Waals surface area (Å²) in [5, 5.41) is 2.84. The van der Waals surface area contributed by atoms with E-state index in [0.29, 0.717) is 6.10 Å². The number of nitrogens with one attached hydrogen (secondary N) is 1. The predicted octanol–water partition coefficient (Wildman–Crippen LogP) is -1.82. The Morgan fingerprint density at radius 1 is 1.75 bits per heavy atom. The summed E-state index contributed by atoms with van der Waals surface area (Å²) in [7, 11) is 0.